The lowest BCUT2D eigenvalue weighted by atomic mass is 10.1. The van der Waals surface area contributed by atoms with Crippen LogP contribution >= 0.6 is 11.8 Å². The Balaban J connectivity index is 1.82. The Labute approximate surface area is 177 Å². The van der Waals surface area contributed by atoms with Gasteiger partial charge in [-0.1, -0.05) is 30.8 Å². The first kappa shape index (κ1) is 20.2. The molecule has 0 aliphatic rings. The Bertz CT molecular complexity index is 1370. The zero-order valence-electron chi connectivity index (χ0n) is 17.0. The molecule has 7 heteroatoms. The Kier molecular flexibility index (Phi) is 5.39. The van der Waals surface area contributed by atoms with E-state index in [4.69, 9.17) is 9.40 Å². The summed E-state index contributed by atoms with van der Waals surface area (Å²) < 4.78 is 7.06. The zero-order valence-corrected chi connectivity index (χ0v) is 17.8. The van der Waals surface area contributed by atoms with Gasteiger partial charge in [-0.3, -0.25) is 9.36 Å². The van der Waals surface area contributed by atoms with Gasteiger partial charge in [0.05, 0.1) is 10.9 Å². The summed E-state index contributed by atoms with van der Waals surface area (Å²) in [6, 6.07) is 12.1. The van der Waals surface area contributed by atoms with Crippen molar-refractivity contribution < 1.29 is 9.52 Å². The van der Waals surface area contributed by atoms with Gasteiger partial charge in [-0.15, -0.1) is 0 Å². The van der Waals surface area contributed by atoms with Crippen LogP contribution in [0.1, 0.15) is 37.4 Å². The molecule has 0 bridgehead atoms. The number of aryl methyl sites for hydroxylation is 1. The number of para-hydroxylation sites is 1. The number of aromatic hydroxyl groups is 1. The number of hydrogen-bond donors (Lipinski definition) is 1. The SMILES string of the molecule is CC[C@@H](C)n1c(SCc2cc(=O)oc3c(C)c(O)ccc23)nc2ccccc2c1=O. The maximum atomic E-state index is 13.1. The van der Waals surface area contributed by atoms with Crippen LogP contribution in [0.5, 0.6) is 5.75 Å². The van der Waals surface area contributed by atoms with Crippen molar-refractivity contribution in [1.29, 1.82) is 0 Å². The number of thioether (sulfide) groups is 1. The topological polar surface area (TPSA) is 85.3 Å². The van der Waals surface area contributed by atoms with Gasteiger partial charge >= 0.3 is 5.63 Å². The molecular formula is C23H22N2O4S. The van der Waals surface area contributed by atoms with Gasteiger partial charge in [0.1, 0.15) is 11.3 Å². The fourth-order valence-corrected chi connectivity index (χ4v) is 4.56. The third-order valence-electron chi connectivity index (χ3n) is 5.38. The third-order valence-corrected chi connectivity index (χ3v) is 6.38. The fourth-order valence-electron chi connectivity index (χ4n) is 3.48. The Morgan fingerprint density at radius 1 is 1.17 bits per heavy atom. The summed E-state index contributed by atoms with van der Waals surface area (Å²) in [5, 5.41) is 11.9. The van der Waals surface area contributed by atoms with Crippen molar-refractivity contribution in [2.75, 3.05) is 0 Å². The first-order chi connectivity index (χ1) is 14.4. The molecular weight excluding hydrogens is 400 g/mol. The van der Waals surface area contributed by atoms with Gasteiger partial charge < -0.3 is 9.52 Å². The highest BCUT2D eigenvalue weighted by molar-refractivity contribution is 7.98. The molecule has 0 aliphatic carbocycles. The number of phenols is 1. The molecule has 4 rings (SSSR count). The minimum atomic E-state index is -0.474. The number of benzene rings is 2. The Morgan fingerprint density at radius 2 is 1.93 bits per heavy atom. The average molecular weight is 423 g/mol. The number of fused-ring (bicyclic) bond motifs is 2. The predicted molar refractivity (Wildman–Crippen MR) is 119 cm³/mol. The van der Waals surface area contributed by atoms with E-state index >= 15 is 0 Å². The summed E-state index contributed by atoms with van der Waals surface area (Å²) in [7, 11) is 0. The van der Waals surface area contributed by atoms with Crippen LogP contribution in [0.4, 0.5) is 0 Å². The van der Waals surface area contributed by atoms with Crippen LogP contribution in [0.3, 0.4) is 0 Å². The molecule has 0 aliphatic heterocycles. The molecule has 2 aromatic carbocycles. The van der Waals surface area contributed by atoms with E-state index in [2.05, 4.69) is 0 Å². The largest absolute Gasteiger partial charge is 0.508 e. The van der Waals surface area contributed by atoms with E-state index in [-0.39, 0.29) is 17.4 Å². The Morgan fingerprint density at radius 3 is 2.70 bits per heavy atom. The van der Waals surface area contributed by atoms with Gasteiger partial charge in [-0.2, -0.15) is 0 Å². The van der Waals surface area contributed by atoms with Crippen LogP contribution in [0.15, 0.2) is 61.6 Å². The molecule has 0 radical (unpaired) electrons. The van der Waals surface area contributed by atoms with Crippen LogP contribution < -0.4 is 11.2 Å². The molecule has 2 aromatic heterocycles. The summed E-state index contributed by atoms with van der Waals surface area (Å²) in [6.45, 7) is 5.75. The summed E-state index contributed by atoms with van der Waals surface area (Å²) in [4.78, 5) is 30.0. The Hall–Kier alpha value is -3.06. The van der Waals surface area contributed by atoms with Crippen molar-refractivity contribution >= 4 is 33.6 Å². The highest BCUT2D eigenvalue weighted by Gasteiger charge is 2.17. The molecule has 30 heavy (non-hydrogen) atoms. The fraction of sp³-hybridized carbons (Fsp3) is 0.261. The summed E-state index contributed by atoms with van der Waals surface area (Å²) in [5.74, 6) is 0.519. The monoisotopic (exact) mass is 422 g/mol. The lowest BCUT2D eigenvalue weighted by Gasteiger charge is -2.18. The normalized spacial score (nSPS) is 12.5. The first-order valence-corrected chi connectivity index (χ1v) is 10.8. The highest BCUT2D eigenvalue weighted by atomic mass is 32.2. The molecule has 154 valence electrons. The van der Waals surface area contributed by atoms with Crippen LogP contribution in [-0.2, 0) is 5.75 Å². The quantitative estimate of drug-likeness (QED) is 0.283. The van der Waals surface area contributed by atoms with Crippen molar-refractivity contribution in [2.24, 2.45) is 0 Å². The van der Waals surface area contributed by atoms with Gasteiger partial charge in [0.2, 0.25) is 0 Å². The average Bonchev–Trinajstić information content (AvgIpc) is 2.74. The van der Waals surface area contributed by atoms with Gasteiger partial charge in [-0.05, 0) is 50.1 Å². The molecule has 6 nitrogen and oxygen atoms in total. The number of hydrogen-bond acceptors (Lipinski definition) is 6. The molecule has 0 amide bonds. The molecule has 0 fully saturated rings. The van der Waals surface area contributed by atoms with Crippen molar-refractivity contribution in [3.63, 3.8) is 0 Å². The molecule has 2 heterocycles. The van der Waals surface area contributed by atoms with Gasteiger partial charge in [-0.25, -0.2) is 9.78 Å². The van der Waals surface area contributed by atoms with Gasteiger partial charge in [0.25, 0.3) is 5.56 Å². The van der Waals surface area contributed by atoms with E-state index in [0.717, 1.165) is 17.4 Å². The van der Waals surface area contributed by atoms with E-state index in [1.807, 2.05) is 32.0 Å². The molecule has 0 spiro atoms. The van der Waals surface area contributed by atoms with E-state index in [1.54, 1.807) is 29.7 Å². The molecule has 1 atom stereocenters. The van der Waals surface area contributed by atoms with Gasteiger partial charge in [0, 0.05) is 28.8 Å². The van der Waals surface area contributed by atoms with Crippen molar-refractivity contribution in [1.82, 2.24) is 9.55 Å². The molecule has 0 saturated heterocycles. The van der Waals surface area contributed by atoms with Gasteiger partial charge in [0.15, 0.2) is 5.16 Å². The number of rotatable bonds is 5. The lowest BCUT2D eigenvalue weighted by Crippen LogP contribution is -2.26. The van der Waals surface area contributed by atoms with Crippen molar-refractivity contribution in [3.8, 4) is 5.75 Å². The van der Waals surface area contributed by atoms with Crippen LogP contribution in [-0.4, -0.2) is 14.7 Å². The maximum Gasteiger partial charge on any atom is 0.336 e. The third kappa shape index (κ3) is 3.50. The summed E-state index contributed by atoms with van der Waals surface area (Å²) in [5.41, 5.74) is 1.80. The molecule has 0 saturated carbocycles. The van der Waals surface area contributed by atoms with E-state index in [1.165, 1.54) is 17.8 Å². The minimum Gasteiger partial charge on any atom is -0.508 e. The van der Waals surface area contributed by atoms with Crippen molar-refractivity contribution in [2.45, 2.75) is 44.1 Å². The standard InChI is InChI=1S/C23H22N2O4S/c1-4-13(2)25-22(28)17-7-5-6-8-18(17)24-23(25)30-12-15-11-20(27)29-21-14(3)19(26)10-9-16(15)21/h5-11,13,26H,4,12H2,1-3H3/t13-/m1/s1. The number of nitrogens with zero attached hydrogens (tertiary/aromatic N) is 2. The molecule has 1 N–H and O–H groups in total. The van der Waals surface area contributed by atoms with Crippen LogP contribution in [0, 0.1) is 6.92 Å². The highest BCUT2D eigenvalue weighted by Crippen LogP contribution is 2.31. The van der Waals surface area contributed by atoms with Crippen LogP contribution in [0.25, 0.3) is 21.9 Å². The second-order valence-corrected chi connectivity index (χ2v) is 8.25. The molecule has 0 unspecified atom stereocenters. The van der Waals surface area contributed by atoms with Crippen molar-refractivity contribution in [3.05, 3.63) is 74.4 Å². The minimum absolute atomic E-state index is 0.00566. The van der Waals surface area contributed by atoms with E-state index < -0.39 is 5.63 Å². The summed E-state index contributed by atoms with van der Waals surface area (Å²) in [6.07, 6.45) is 0.795. The maximum absolute atomic E-state index is 13.1. The predicted octanol–water partition coefficient (Wildman–Crippen LogP) is 4.78. The van der Waals surface area contributed by atoms with E-state index in [9.17, 15) is 14.7 Å². The number of aromatic nitrogens is 2. The molecule has 4 aromatic rings. The number of phenolic OH excluding ortho intramolecular Hbond substituents is 1. The second-order valence-electron chi connectivity index (χ2n) is 7.31. The zero-order chi connectivity index (χ0) is 21.4. The smallest absolute Gasteiger partial charge is 0.336 e. The summed E-state index contributed by atoms with van der Waals surface area (Å²) >= 11 is 1.42. The van der Waals surface area contributed by atoms with Crippen LogP contribution in [0.2, 0.25) is 0 Å². The van der Waals surface area contributed by atoms with E-state index in [0.29, 0.717) is 33.0 Å². The lowest BCUT2D eigenvalue weighted by molar-refractivity contribution is 0.467. The first-order valence-electron chi connectivity index (χ1n) is 9.80. The second kappa shape index (κ2) is 7.99.